The molecule has 1 unspecified atom stereocenters. The van der Waals surface area contributed by atoms with Crippen LogP contribution < -0.4 is 10.2 Å². The van der Waals surface area contributed by atoms with Gasteiger partial charge in [0.15, 0.2) is 0 Å². The molecule has 3 heterocycles. The maximum absolute atomic E-state index is 12.6. The van der Waals surface area contributed by atoms with E-state index in [-0.39, 0.29) is 17.6 Å². The quantitative estimate of drug-likeness (QED) is 0.919. The molecule has 2 aromatic rings. The largest absolute Gasteiger partial charge is 0.417 e. The van der Waals surface area contributed by atoms with Gasteiger partial charge in [0.05, 0.1) is 5.56 Å². The fraction of sp³-hybridized carbons (Fsp3) is 0.375. The zero-order valence-corrected chi connectivity index (χ0v) is 13.2. The Balaban J connectivity index is 1.64. The van der Waals surface area contributed by atoms with Gasteiger partial charge in [-0.1, -0.05) is 0 Å². The second-order valence-electron chi connectivity index (χ2n) is 5.76. The zero-order valence-electron chi connectivity index (χ0n) is 13.2. The Labute approximate surface area is 142 Å². The number of anilines is 1. The van der Waals surface area contributed by atoms with Crippen molar-refractivity contribution in [1.29, 1.82) is 0 Å². The second kappa shape index (κ2) is 7.04. The van der Waals surface area contributed by atoms with Crippen LogP contribution in [0.25, 0.3) is 0 Å². The Morgan fingerprint density at radius 1 is 1.24 bits per heavy atom. The smallest absolute Gasteiger partial charge is 0.355 e. The number of nitrogens with one attached hydrogen (secondary N) is 1. The summed E-state index contributed by atoms with van der Waals surface area (Å²) in [7, 11) is 0. The van der Waals surface area contributed by atoms with Gasteiger partial charge in [0.25, 0.3) is 5.91 Å². The minimum absolute atomic E-state index is 0.125. The number of pyridine rings is 1. The van der Waals surface area contributed by atoms with Crippen molar-refractivity contribution in [2.45, 2.75) is 25.1 Å². The van der Waals surface area contributed by atoms with Gasteiger partial charge in [-0.2, -0.15) is 13.2 Å². The van der Waals surface area contributed by atoms with Crippen LogP contribution in [0.1, 0.15) is 28.9 Å². The summed E-state index contributed by atoms with van der Waals surface area (Å²) in [6, 6.07) is 3.77. The summed E-state index contributed by atoms with van der Waals surface area (Å²) in [6.07, 6.45) is 0.806. The Kier molecular flexibility index (Phi) is 4.82. The highest BCUT2D eigenvalue weighted by atomic mass is 19.4. The van der Waals surface area contributed by atoms with Crippen molar-refractivity contribution < 1.29 is 18.0 Å². The van der Waals surface area contributed by atoms with Crippen LogP contribution in [-0.4, -0.2) is 40.0 Å². The van der Waals surface area contributed by atoms with E-state index in [4.69, 9.17) is 0 Å². The first-order chi connectivity index (χ1) is 11.9. The van der Waals surface area contributed by atoms with Gasteiger partial charge in [-0.05, 0) is 31.0 Å². The van der Waals surface area contributed by atoms with Crippen molar-refractivity contribution >= 4 is 11.7 Å². The van der Waals surface area contributed by atoms with E-state index >= 15 is 0 Å². The fourth-order valence-corrected chi connectivity index (χ4v) is 2.73. The highest BCUT2D eigenvalue weighted by Gasteiger charge is 2.31. The molecular formula is C16H16F3N5O. The number of hydrogen-bond donors (Lipinski definition) is 1. The summed E-state index contributed by atoms with van der Waals surface area (Å²) in [5.41, 5.74) is -0.498. The van der Waals surface area contributed by atoms with Crippen LogP contribution in [-0.2, 0) is 6.18 Å². The molecule has 1 aliphatic rings. The molecule has 0 aromatic carbocycles. The molecule has 0 aliphatic carbocycles. The summed E-state index contributed by atoms with van der Waals surface area (Å²) in [5.74, 6) is 0.170. The minimum atomic E-state index is -4.40. The molecule has 25 heavy (non-hydrogen) atoms. The molecule has 132 valence electrons. The van der Waals surface area contributed by atoms with Crippen LogP contribution >= 0.6 is 0 Å². The van der Waals surface area contributed by atoms with E-state index in [0.717, 1.165) is 25.1 Å². The normalized spacial score (nSPS) is 18.0. The van der Waals surface area contributed by atoms with Crippen LogP contribution in [0, 0.1) is 0 Å². The number of piperidine rings is 1. The number of carbonyl (C=O) groups is 1. The molecule has 1 atom stereocenters. The molecule has 0 spiro atoms. The van der Waals surface area contributed by atoms with Crippen LogP contribution in [0.3, 0.4) is 0 Å². The van der Waals surface area contributed by atoms with E-state index in [1.165, 1.54) is 24.7 Å². The van der Waals surface area contributed by atoms with Gasteiger partial charge in [0.1, 0.15) is 17.8 Å². The number of alkyl halides is 3. The molecule has 0 bridgehead atoms. The van der Waals surface area contributed by atoms with Gasteiger partial charge in [-0.15, -0.1) is 0 Å². The second-order valence-corrected chi connectivity index (χ2v) is 5.76. The molecule has 1 saturated heterocycles. The number of rotatable bonds is 3. The van der Waals surface area contributed by atoms with Gasteiger partial charge in [0, 0.05) is 31.5 Å². The Morgan fingerprint density at radius 3 is 2.72 bits per heavy atom. The molecule has 9 heteroatoms. The van der Waals surface area contributed by atoms with Crippen molar-refractivity contribution in [1.82, 2.24) is 20.3 Å². The average Bonchev–Trinajstić information content (AvgIpc) is 2.62. The lowest BCUT2D eigenvalue weighted by Crippen LogP contribution is -2.48. The first kappa shape index (κ1) is 17.1. The van der Waals surface area contributed by atoms with Gasteiger partial charge < -0.3 is 10.2 Å². The van der Waals surface area contributed by atoms with Crippen molar-refractivity contribution in [2.75, 3.05) is 18.0 Å². The molecule has 0 radical (unpaired) electrons. The molecule has 2 aromatic heterocycles. The third kappa shape index (κ3) is 4.23. The average molecular weight is 351 g/mol. The third-order valence-corrected chi connectivity index (χ3v) is 3.97. The number of aromatic nitrogens is 3. The van der Waals surface area contributed by atoms with Gasteiger partial charge in [-0.3, -0.25) is 4.79 Å². The molecule has 3 rings (SSSR count). The summed E-state index contributed by atoms with van der Waals surface area (Å²) in [4.78, 5) is 25.6. The minimum Gasteiger partial charge on any atom is -0.355 e. The lowest BCUT2D eigenvalue weighted by molar-refractivity contribution is -0.137. The maximum atomic E-state index is 12.6. The van der Waals surface area contributed by atoms with Crippen LogP contribution in [0.5, 0.6) is 0 Å². The van der Waals surface area contributed by atoms with Crippen molar-refractivity contribution in [3.63, 3.8) is 0 Å². The van der Waals surface area contributed by atoms with Gasteiger partial charge in [-0.25, -0.2) is 15.0 Å². The SMILES string of the molecule is O=C(NC1CCCN(c2ccc(C(F)(F)F)cn2)C1)c1ccncn1. The summed E-state index contributed by atoms with van der Waals surface area (Å²) in [6.45, 7) is 1.16. The molecule has 1 N–H and O–H groups in total. The predicted molar refractivity (Wildman–Crippen MR) is 84.0 cm³/mol. The van der Waals surface area contributed by atoms with Crippen LogP contribution in [0.4, 0.5) is 19.0 Å². The summed E-state index contributed by atoms with van der Waals surface area (Å²) in [5, 5.41) is 2.89. The van der Waals surface area contributed by atoms with Gasteiger partial charge >= 0.3 is 6.18 Å². The first-order valence-electron chi connectivity index (χ1n) is 7.78. The molecule has 1 amide bonds. The number of carbonyl (C=O) groups excluding carboxylic acids is 1. The third-order valence-electron chi connectivity index (χ3n) is 3.97. The van der Waals surface area contributed by atoms with Gasteiger partial charge in [0.2, 0.25) is 0 Å². The molecule has 6 nitrogen and oxygen atoms in total. The predicted octanol–water partition coefficient (Wildman–Crippen LogP) is 2.29. The van der Waals surface area contributed by atoms with Crippen molar-refractivity contribution in [2.24, 2.45) is 0 Å². The fourth-order valence-electron chi connectivity index (χ4n) is 2.73. The Hall–Kier alpha value is -2.71. The number of amides is 1. The summed E-state index contributed by atoms with van der Waals surface area (Å²) >= 11 is 0. The van der Waals surface area contributed by atoms with E-state index in [9.17, 15) is 18.0 Å². The van der Waals surface area contributed by atoms with E-state index in [1.807, 2.05) is 4.90 Å². The van der Waals surface area contributed by atoms with E-state index in [2.05, 4.69) is 20.3 Å². The number of hydrogen-bond acceptors (Lipinski definition) is 5. The van der Waals surface area contributed by atoms with E-state index < -0.39 is 11.7 Å². The van der Waals surface area contributed by atoms with Crippen LogP contribution in [0.2, 0.25) is 0 Å². The Morgan fingerprint density at radius 2 is 2.08 bits per heavy atom. The lowest BCUT2D eigenvalue weighted by atomic mass is 10.1. The number of halogens is 3. The maximum Gasteiger partial charge on any atom is 0.417 e. The molecule has 1 aliphatic heterocycles. The zero-order chi connectivity index (χ0) is 17.9. The van der Waals surface area contributed by atoms with Crippen LogP contribution in [0.15, 0.2) is 36.9 Å². The molecule has 0 saturated carbocycles. The summed E-state index contributed by atoms with van der Waals surface area (Å²) < 4.78 is 37.9. The number of nitrogens with zero attached hydrogens (tertiary/aromatic N) is 4. The lowest BCUT2D eigenvalue weighted by Gasteiger charge is -2.34. The van der Waals surface area contributed by atoms with Crippen molar-refractivity contribution in [3.8, 4) is 0 Å². The van der Waals surface area contributed by atoms with E-state index in [1.54, 1.807) is 0 Å². The topological polar surface area (TPSA) is 71.0 Å². The first-order valence-corrected chi connectivity index (χ1v) is 7.78. The highest BCUT2D eigenvalue weighted by molar-refractivity contribution is 5.92. The molecular weight excluding hydrogens is 335 g/mol. The Bertz CT molecular complexity index is 721. The standard InChI is InChI=1S/C16H16F3N5O/c17-16(18,19)11-3-4-14(21-8-11)24-7-1-2-12(9-24)23-15(25)13-5-6-20-10-22-13/h3-6,8,10,12H,1-2,7,9H2,(H,23,25). The van der Waals surface area contributed by atoms with Crippen molar-refractivity contribution in [3.05, 3.63) is 48.2 Å². The van der Waals surface area contributed by atoms with E-state index in [0.29, 0.717) is 18.9 Å². The highest BCUT2D eigenvalue weighted by Crippen LogP contribution is 2.29. The monoisotopic (exact) mass is 351 g/mol. The molecule has 1 fully saturated rings.